The molecule has 0 atom stereocenters. The first-order valence-corrected chi connectivity index (χ1v) is 5.58. The number of benzene rings is 1. The Kier molecular flexibility index (Phi) is 3.19. The molecular formula is C12H18N2O2. The highest BCUT2D eigenvalue weighted by Crippen LogP contribution is 2.33. The van der Waals surface area contributed by atoms with Crippen LogP contribution in [0.4, 0.5) is 11.4 Å². The summed E-state index contributed by atoms with van der Waals surface area (Å²) in [6.45, 7) is 1.69. The normalized spacial score (nSPS) is 17.5. The molecule has 1 aromatic rings. The number of hydrogen-bond donors (Lipinski definition) is 2. The Morgan fingerprint density at radius 1 is 1.38 bits per heavy atom. The Morgan fingerprint density at radius 2 is 2.06 bits per heavy atom. The molecule has 88 valence electrons. The van der Waals surface area contributed by atoms with E-state index in [9.17, 15) is 5.11 Å². The van der Waals surface area contributed by atoms with Crippen molar-refractivity contribution in [2.45, 2.75) is 18.9 Å². The Hall–Kier alpha value is -1.42. The van der Waals surface area contributed by atoms with Crippen molar-refractivity contribution < 1.29 is 9.84 Å². The van der Waals surface area contributed by atoms with Gasteiger partial charge in [-0.1, -0.05) is 6.07 Å². The number of hydrogen-bond acceptors (Lipinski definition) is 4. The molecule has 4 nitrogen and oxygen atoms in total. The molecule has 0 aliphatic carbocycles. The van der Waals surface area contributed by atoms with Crippen LogP contribution in [-0.2, 0) is 0 Å². The van der Waals surface area contributed by atoms with Gasteiger partial charge in [0.05, 0.1) is 24.6 Å². The summed E-state index contributed by atoms with van der Waals surface area (Å²) >= 11 is 0. The summed E-state index contributed by atoms with van der Waals surface area (Å²) in [5.41, 5.74) is 7.72. The molecule has 2 rings (SSSR count). The lowest BCUT2D eigenvalue weighted by Gasteiger charge is -2.32. The van der Waals surface area contributed by atoms with Crippen molar-refractivity contribution in [2.24, 2.45) is 0 Å². The van der Waals surface area contributed by atoms with Gasteiger partial charge in [0, 0.05) is 13.1 Å². The van der Waals surface area contributed by atoms with Crippen LogP contribution in [-0.4, -0.2) is 31.4 Å². The average molecular weight is 222 g/mol. The Labute approximate surface area is 95.6 Å². The van der Waals surface area contributed by atoms with Gasteiger partial charge in [-0.15, -0.1) is 0 Å². The molecule has 1 saturated heterocycles. The van der Waals surface area contributed by atoms with Crippen molar-refractivity contribution in [1.29, 1.82) is 0 Å². The Morgan fingerprint density at radius 3 is 2.69 bits per heavy atom. The highest BCUT2D eigenvalue weighted by atomic mass is 16.5. The van der Waals surface area contributed by atoms with E-state index in [-0.39, 0.29) is 6.10 Å². The van der Waals surface area contributed by atoms with Crippen LogP contribution in [0.3, 0.4) is 0 Å². The zero-order valence-corrected chi connectivity index (χ0v) is 9.52. The zero-order chi connectivity index (χ0) is 11.5. The molecule has 0 unspecified atom stereocenters. The van der Waals surface area contributed by atoms with E-state index < -0.39 is 0 Å². The number of aliphatic hydroxyl groups is 1. The van der Waals surface area contributed by atoms with E-state index in [1.807, 2.05) is 18.2 Å². The lowest BCUT2D eigenvalue weighted by atomic mass is 10.1. The topological polar surface area (TPSA) is 58.7 Å². The predicted molar refractivity (Wildman–Crippen MR) is 64.9 cm³/mol. The largest absolute Gasteiger partial charge is 0.495 e. The summed E-state index contributed by atoms with van der Waals surface area (Å²) in [6, 6.07) is 5.79. The fourth-order valence-corrected chi connectivity index (χ4v) is 2.09. The third kappa shape index (κ3) is 2.07. The molecule has 0 saturated carbocycles. The van der Waals surface area contributed by atoms with Gasteiger partial charge in [0.15, 0.2) is 0 Å². The van der Waals surface area contributed by atoms with Crippen LogP contribution in [0.1, 0.15) is 12.8 Å². The maximum absolute atomic E-state index is 9.46. The number of rotatable bonds is 2. The van der Waals surface area contributed by atoms with Crippen molar-refractivity contribution in [1.82, 2.24) is 0 Å². The first kappa shape index (κ1) is 11.1. The van der Waals surface area contributed by atoms with Crippen LogP contribution >= 0.6 is 0 Å². The quantitative estimate of drug-likeness (QED) is 0.739. The molecule has 0 bridgehead atoms. The lowest BCUT2D eigenvalue weighted by Crippen LogP contribution is -2.36. The minimum atomic E-state index is -0.164. The van der Waals surface area contributed by atoms with Crippen LogP contribution in [0.25, 0.3) is 0 Å². The Bertz CT molecular complexity index is 360. The molecule has 3 N–H and O–H groups in total. The smallest absolute Gasteiger partial charge is 0.143 e. The fourth-order valence-electron chi connectivity index (χ4n) is 2.09. The van der Waals surface area contributed by atoms with E-state index >= 15 is 0 Å². The number of nitrogens with zero attached hydrogens (tertiary/aromatic N) is 1. The summed E-state index contributed by atoms with van der Waals surface area (Å²) in [4.78, 5) is 2.20. The van der Waals surface area contributed by atoms with Gasteiger partial charge in [-0.25, -0.2) is 0 Å². The van der Waals surface area contributed by atoms with Crippen LogP contribution in [0.5, 0.6) is 5.75 Å². The number of methoxy groups -OCH3 is 1. The summed E-state index contributed by atoms with van der Waals surface area (Å²) in [7, 11) is 1.62. The predicted octanol–water partition coefficient (Wildman–Crippen LogP) is 1.24. The molecule has 1 heterocycles. The van der Waals surface area contributed by atoms with Crippen molar-refractivity contribution in [3.8, 4) is 5.75 Å². The average Bonchev–Trinajstić information content (AvgIpc) is 2.31. The SMILES string of the molecule is COc1cccc(N2CCC(O)CC2)c1N. The minimum Gasteiger partial charge on any atom is -0.495 e. The molecule has 1 aliphatic heterocycles. The van der Waals surface area contributed by atoms with Gasteiger partial charge in [-0.2, -0.15) is 0 Å². The monoisotopic (exact) mass is 222 g/mol. The minimum absolute atomic E-state index is 0.164. The van der Waals surface area contributed by atoms with Gasteiger partial charge in [-0.05, 0) is 25.0 Å². The molecule has 0 radical (unpaired) electrons. The van der Waals surface area contributed by atoms with Crippen molar-refractivity contribution >= 4 is 11.4 Å². The van der Waals surface area contributed by atoms with E-state index in [1.54, 1.807) is 7.11 Å². The Balaban J connectivity index is 2.20. The second-order valence-corrected chi connectivity index (χ2v) is 4.11. The van der Waals surface area contributed by atoms with Crippen LogP contribution < -0.4 is 15.4 Å². The summed E-state index contributed by atoms with van der Waals surface area (Å²) < 4.78 is 5.20. The summed E-state index contributed by atoms with van der Waals surface area (Å²) in [5, 5.41) is 9.46. The van der Waals surface area contributed by atoms with Gasteiger partial charge >= 0.3 is 0 Å². The van der Waals surface area contributed by atoms with E-state index in [0.717, 1.165) is 31.6 Å². The molecular weight excluding hydrogens is 204 g/mol. The van der Waals surface area contributed by atoms with Crippen LogP contribution in [0, 0.1) is 0 Å². The maximum Gasteiger partial charge on any atom is 0.143 e. The van der Waals surface area contributed by atoms with Gasteiger partial charge < -0.3 is 20.5 Å². The number of nitrogens with two attached hydrogens (primary N) is 1. The second kappa shape index (κ2) is 4.61. The second-order valence-electron chi connectivity index (χ2n) is 4.11. The fraction of sp³-hybridized carbons (Fsp3) is 0.500. The van der Waals surface area contributed by atoms with E-state index in [2.05, 4.69) is 4.90 Å². The molecule has 4 heteroatoms. The van der Waals surface area contributed by atoms with E-state index in [1.165, 1.54) is 0 Å². The standard InChI is InChI=1S/C12H18N2O2/c1-16-11-4-2-3-10(12(11)13)14-7-5-9(15)6-8-14/h2-4,9,15H,5-8,13H2,1H3. The lowest BCUT2D eigenvalue weighted by molar-refractivity contribution is 0.145. The summed E-state index contributed by atoms with van der Waals surface area (Å²) in [6.07, 6.45) is 1.44. The zero-order valence-electron chi connectivity index (χ0n) is 9.52. The molecule has 1 fully saturated rings. The first-order chi connectivity index (χ1) is 7.72. The molecule has 16 heavy (non-hydrogen) atoms. The number of anilines is 2. The number of nitrogen functional groups attached to an aromatic ring is 1. The van der Waals surface area contributed by atoms with Gasteiger partial charge in [0.1, 0.15) is 5.75 Å². The van der Waals surface area contributed by atoms with E-state index in [4.69, 9.17) is 10.5 Å². The van der Waals surface area contributed by atoms with Crippen LogP contribution in [0.15, 0.2) is 18.2 Å². The molecule has 1 aromatic carbocycles. The third-order valence-corrected chi connectivity index (χ3v) is 3.07. The molecule has 0 spiro atoms. The molecule has 0 aromatic heterocycles. The van der Waals surface area contributed by atoms with Gasteiger partial charge in [0.25, 0.3) is 0 Å². The molecule has 1 aliphatic rings. The number of aliphatic hydroxyl groups excluding tert-OH is 1. The van der Waals surface area contributed by atoms with Crippen LogP contribution in [0.2, 0.25) is 0 Å². The van der Waals surface area contributed by atoms with Gasteiger partial charge in [-0.3, -0.25) is 0 Å². The van der Waals surface area contributed by atoms with Crippen molar-refractivity contribution in [3.05, 3.63) is 18.2 Å². The maximum atomic E-state index is 9.46. The highest BCUT2D eigenvalue weighted by Gasteiger charge is 2.19. The van der Waals surface area contributed by atoms with Crippen molar-refractivity contribution in [3.63, 3.8) is 0 Å². The number of para-hydroxylation sites is 1. The third-order valence-electron chi connectivity index (χ3n) is 3.07. The first-order valence-electron chi connectivity index (χ1n) is 5.58. The summed E-state index contributed by atoms with van der Waals surface area (Å²) in [5.74, 6) is 0.712. The number of ether oxygens (including phenoxy) is 1. The molecule has 0 amide bonds. The highest BCUT2D eigenvalue weighted by molar-refractivity contribution is 5.74. The number of piperidine rings is 1. The van der Waals surface area contributed by atoms with Crippen molar-refractivity contribution in [2.75, 3.05) is 30.8 Å². The van der Waals surface area contributed by atoms with Gasteiger partial charge in [0.2, 0.25) is 0 Å². The van der Waals surface area contributed by atoms with E-state index in [0.29, 0.717) is 11.4 Å².